The van der Waals surface area contributed by atoms with Crippen LogP contribution >= 0.6 is 0 Å². The van der Waals surface area contributed by atoms with E-state index in [1.165, 1.54) is 0 Å². The molecule has 88 valence electrons. The summed E-state index contributed by atoms with van der Waals surface area (Å²) in [5.74, 6) is 0.911. The molecule has 0 aliphatic carbocycles. The number of hydrogen-bond acceptors (Lipinski definition) is 4. The Bertz CT molecular complexity index is 421. The van der Waals surface area contributed by atoms with Crippen LogP contribution in [0.25, 0.3) is 0 Å². The summed E-state index contributed by atoms with van der Waals surface area (Å²) in [5, 5.41) is 8.70. The van der Waals surface area contributed by atoms with Crippen LogP contribution in [0, 0.1) is 11.3 Å². The van der Waals surface area contributed by atoms with Gasteiger partial charge in [-0.15, -0.1) is 6.58 Å². The maximum atomic E-state index is 8.70. The van der Waals surface area contributed by atoms with Crippen molar-refractivity contribution in [1.29, 1.82) is 5.26 Å². The third-order valence-corrected chi connectivity index (χ3v) is 2.80. The van der Waals surface area contributed by atoms with Crippen molar-refractivity contribution in [2.45, 2.75) is 12.5 Å². The Hall–Kier alpha value is -1.86. The number of nitriles is 1. The second kappa shape index (κ2) is 5.46. The van der Waals surface area contributed by atoms with Gasteiger partial charge in [0.25, 0.3) is 0 Å². The van der Waals surface area contributed by atoms with Gasteiger partial charge in [0.15, 0.2) is 0 Å². The normalized spacial score (nSPS) is 19.0. The highest BCUT2D eigenvalue weighted by molar-refractivity contribution is 5.42. The third-order valence-electron chi connectivity index (χ3n) is 2.80. The molecule has 4 nitrogen and oxygen atoms in total. The number of ether oxygens (including phenoxy) is 1. The van der Waals surface area contributed by atoms with Crippen molar-refractivity contribution in [3.63, 3.8) is 0 Å². The monoisotopic (exact) mass is 229 g/mol. The van der Waals surface area contributed by atoms with Gasteiger partial charge in [0.2, 0.25) is 0 Å². The quantitative estimate of drug-likeness (QED) is 0.738. The lowest BCUT2D eigenvalue weighted by Crippen LogP contribution is -2.23. The van der Waals surface area contributed by atoms with Crippen LogP contribution in [0.1, 0.15) is 12.0 Å². The first kappa shape index (κ1) is 11.6. The molecule has 0 bridgehead atoms. The maximum Gasteiger partial charge on any atom is 0.128 e. The lowest BCUT2D eigenvalue weighted by atomic mass is 10.3. The first-order valence-corrected chi connectivity index (χ1v) is 5.67. The van der Waals surface area contributed by atoms with Gasteiger partial charge in [-0.05, 0) is 18.6 Å². The fraction of sp³-hybridized carbons (Fsp3) is 0.385. The summed E-state index contributed by atoms with van der Waals surface area (Å²) < 4.78 is 5.61. The van der Waals surface area contributed by atoms with Crippen molar-refractivity contribution < 1.29 is 4.74 Å². The zero-order chi connectivity index (χ0) is 12.1. The molecule has 1 fully saturated rings. The molecule has 0 aromatic carbocycles. The molecule has 0 amide bonds. The number of nitrogens with zero attached hydrogens (tertiary/aromatic N) is 3. The van der Waals surface area contributed by atoms with Crippen LogP contribution < -0.4 is 4.90 Å². The van der Waals surface area contributed by atoms with Gasteiger partial charge >= 0.3 is 0 Å². The molecule has 0 radical (unpaired) electrons. The summed E-state index contributed by atoms with van der Waals surface area (Å²) in [4.78, 5) is 6.45. The molecule has 2 rings (SSSR count). The standard InChI is InChI=1S/C13H15N3O/c1-2-7-17-12-5-6-16(10-12)13-4-3-11(8-14)9-15-13/h2-4,9,12H,1,5-7,10H2. The highest BCUT2D eigenvalue weighted by Crippen LogP contribution is 2.19. The summed E-state index contributed by atoms with van der Waals surface area (Å²) >= 11 is 0. The molecule has 1 unspecified atom stereocenters. The van der Waals surface area contributed by atoms with Crippen molar-refractivity contribution in [2.24, 2.45) is 0 Å². The molecule has 1 atom stereocenters. The van der Waals surface area contributed by atoms with Crippen molar-refractivity contribution in [3.8, 4) is 6.07 Å². The lowest BCUT2D eigenvalue weighted by molar-refractivity contribution is 0.0909. The molecule has 1 aromatic heterocycles. The summed E-state index contributed by atoms with van der Waals surface area (Å²) in [6.45, 7) is 6.03. The molecule has 1 saturated heterocycles. The number of aromatic nitrogens is 1. The highest BCUT2D eigenvalue weighted by atomic mass is 16.5. The van der Waals surface area contributed by atoms with Crippen molar-refractivity contribution in [1.82, 2.24) is 4.98 Å². The Labute approximate surface area is 101 Å². The smallest absolute Gasteiger partial charge is 0.128 e. The number of hydrogen-bond donors (Lipinski definition) is 0. The van der Waals surface area contributed by atoms with Gasteiger partial charge in [-0.1, -0.05) is 6.08 Å². The first-order chi connectivity index (χ1) is 8.33. The van der Waals surface area contributed by atoms with Crippen LogP contribution in [0.5, 0.6) is 0 Å². The lowest BCUT2D eigenvalue weighted by Gasteiger charge is -2.17. The molecule has 0 N–H and O–H groups in total. The first-order valence-electron chi connectivity index (χ1n) is 5.67. The van der Waals surface area contributed by atoms with E-state index < -0.39 is 0 Å². The maximum absolute atomic E-state index is 8.70. The van der Waals surface area contributed by atoms with E-state index >= 15 is 0 Å². The third kappa shape index (κ3) is 2.83. The molecule has 2 heterocycles. The summed E-state index contributed by atoms with van der Waals surface area (Å²) in [6, 6.07) is 5.74. The fourth-order valence-electron chi connectivity index (χ4n) is 1.92. The Kier molecular flexibility index (Phi) is 3.73. The molecular weight excluding hydrogens is 214 g/mol. The molecule has 1 aromatic rings. The SMILES string of the molecule is C=CCOC1CCN(c2ccc(C#N)cn2)C1. The average molecular weight is 229 g/mol. The predicted molar refractivity (Wildman–Crippen MR) is 65.7 cm³/mol. The van der Waals surface area contributed by atoms with Crippen molar-refractivity contribution >= 4 is 5.82 Å². The molecule has 4 heteroatoms. The molecule has 17 heavy (non-hydrogen) atoms. The summed E-state index contributed by atoms with van der Waals surface area (Å²) in [5.41, 5.74) is 0.590. The van der Waals surface area contributed by atoms with E-state index in [1.807, 2.05) is 6.07 Å². The van der Waals surface area contributed by atoms with E-state index in [9.17, 15) is 0 Å². The van der Waals surface area contributed by atoms with Crippen molar-refractivity contribution in [3.05, 3.63) is 36.5 Å². The van der Waals surface area contributed by atoms with Crippen molar-refractivity contribution in [2.75, 3.05) is 24.6 Å². The van der Waals surface area contributed by atoms with E-state index in [-0.39, 0.29) is 6.10 Å². The predicted octanol–water partition coefficient (Wildman–Crippen LogP) is 1.73. The van der Waals surface area contributed by atoms with Crippen LogP contribution in [-0.4, -0.2) is 30.8 Å². The minimum atomic E-state index is 0.255. The number of anilines is 1. The molecular formula is C13H15N3O. The zero-order valence-corrected chi connectivity index (χ0v) is 9.67. The minimum Gasteiger partial charge on any atom is -0.372 e. The van der Waals surface area contributed by atoms with Crippen LogP contribution in [0.3, 0.4) is 0 Å². The van der Waals surface area contributed by atoms with Gasteiger partial charge in [0.05, 0.1) is 18.3 Å². The van der Waals surface area contributed by atoms with E-state index in [0.29, 0.717) is 12.2 Å². The molecule has 0 saturated carbocycles. The Morgan fingerprint density at radius 1 is 1.65 bits per heavy atom. The van der Waals surface area contributed by atoms with Gasteiger partial charge in [0.1, 0.15) is 11.9 Å². The Morgan fingerprint density at radius 3 is 3.18 bits per heavy atom. The molecule has 1 aliphatic rings. The van der Waals surface area contributed by atoms with Gasteiger partial charge in [0, 0.05) is 19.3 Å². The van der Waals surface area contributed by atoms with Crippen LogP contribution in [0.4, 0.5) is 5.82 Å². The van der Waals surface area contributed by atoms with E-state index in [4.69, 9.17) is 10.00 Å². The average Bonchev–Trinajstić information content (AvgIpc) is 2.85. The Morgan fingerprint density at radius 2 is 2.53 bits per heavy atom. The molecule has 0 spiro atoms. The second-order valence-corrected chi connectivity index (χ2v) is 4.00. The van der Waals surface area contributed by atoms with Crippen LogP contribution in [-0.2, 0) is 4.74 Å². The van der Waals surface area contributed by atoms with E-state index in [2.05, 4.69) is 22.5 Å². The highest BCUT2D eigenvalue weighted by Gasteiger charge is 2.23. The van der Waals surface area contributed by atoms with E-state index in [1.54, 1.807) is 18.3 Å². The van der Waals surface area contributed by atoms with Crippen LogP contribution in [0.2, 0.25) is 0 Å². The summed E-state index contributed by atoms with van der Waals surface area (Å²) in [7, 11) is 0. The van der Waals surface area contributed by atoms with Gasteiger partial charge in [-0.2, -0.15) is 5.26 Å². The molecule has 1 aliphatic heterocycles. The van der Waals surface area contributed by atoms with Gasteiger partial charge in [-0.25, -0.2) is 4.98 Å². The van der Waals surface area contributed by atoms with Gasteiger partial charge in [-0.3, -0.25) is 0 Å². The number of pyridine rings is 1. The largest absolute Gasteiger partial charge is 0.372 e. The fourth-order valence-corrected chi connectivity index (χ4v) is 1.92. The zero-order valence-electron chi connectivity index (χ0n) is 9.67. The minimum absolute atomic E-state index is 0.255. The second-order valence-electron chi connectivity index (χ2n) is 4.00. The topological polar surface area (TPSA) is 49.1 Å². The van der Waals surface area contributed by atoms with E-state index in [0.717, 1.165) is 25.3 Å². The van der Waals surface area contributed by atoms with Crippen LogP contribution in [0.15, 0.2) is 31.0 Å². The van der Waals surface area contributed by atoms with Gasteiger partial charge < -0.3 is 9.64 Å². The Balaban J connectivity index is 1.95. The number of rotatable bonds is 4. The summed E-state index contributed by atoms with van der Waals surface area (Å²) in [6.07, 6.45) is 4.64.